The minimum Gasteiger partial charge on any atom is -0.491 e. The van der Waals surface area contributed by atoms with Crippen LogP contribution >= 0.6 is 0 Å². The molecule has 3 aromatic rings. The van der Waals surface area contributed by atoms with E-state index in [4.69, 9.17) is 9.47 Å². The van der Waals surface area contributed by atoms with Gasteiger partial charge in [-0.2, -0.15) is 0 Å². The van der Waals surface area contributed by atoms with Crippen LogP contribution in [0.25, 0.3) is 11.4 Å². The van der Waals surface area contributed by atoms with Gasteiger partial charge in [0, 0.05) is 25.4 Å². The summed E-state index contributed by atoms with van der Waals surface area (Å²) in [6, 6.07) is 13.2. The lowest BCUT2D eigenvalue weighted by atomic mass is 10.2. The van der Waals surface area contributed by atoms with Gasteiger partial charge < -0.3 is 14.0 Å². The van der Waals surface area contributed by atoms with E-state index in [1.165, 1.54) is 12.1 Å². The van der Waals surface area contributed by atoms with Gasteiger partial charge in [-0.1, -0.05) is 0 Å². The Labute approximate surface area is 157 Å². The molecule has 27 heavy (non-hydrogen) atoms. The topological polar surface area (TPSA) is 95.3 Å². The van der Waals surface area contributed by atoms with E-state index < -0.39 is 10.0 Å². The standard InChI is InChI=1S/C18H20N4O4S/c1-22-13-19-20-18(22)14-3-5-15(6-4-14)21-27(23,24)17-9-7-16(8-10-17)26-12-11-25-2/h3-10,13,21H,11-12H2,1-2H3. The maximum absolute atomic E-state index is 12.5. The SMILES string of the molecule is COCCOc1ccc(S(=O)(=O)Nc2ccc(-c3nncn3C)cc2)cc1. The van der Waals surface area contributed by atoms with Crippen molar-refractivity contribution >= 4 is 15.7 Å². The summed E-state index contributed by atoms with van der Waals surface area (Å²) in [5.74, 6) is 1.28. The molecule has 0 amide bonds. The molecular formula is C18H20N4O4S. The van der Waals surface area contributed by atoms with Crippen LogP contribution in [0.1, 0.15) is 0 Å². The Morgan fingerprint density at radius 1 is 1.04 bits per heavy atom. The van der Waals surface area contributed by atoms with Crippen molar-refractivity contribution in [3.63, 3.8) is 0 Å². The average Bonchev–Trinajstić information content (AvgIpc) is 3.09. The van der Waals surface area contributed by atoms with Gasteiger partial charge in [-0.3, -0.25) is 4.72 Å². The zero-order valence-corrected chi connectivity index (χ0v) is 15.8. The number of aromatic nitrogens is 3. The molecule has 0 fully saturated rings. The maximum atomic E-state index is 12.5. The lowest BCUT2D eigenvalue weighted by molar-refractivity contribution is 0.146. The minimum atomic E-state index is -3.69. The number of nitrogens with zero attached hydrogens (tertiary/aromatic N) is 3. The summed E-state index contributed by atoms with van der Waals surface area (Å²) in [6.07, 6.45) is 1.61. The lowest BCUT2D eigenvalue weighted by Crippen LogP contribution is -2.13. The highest BCUT2D eigenvalue weighted by atomic mass is 32.2. The number of rotatable bonds is 8. The summed E-state index contributed by atoms with van der Waals surface area (Å²) < 4.78 is 39.8. The monoisotopic (exact) mass is 388 g/mol. The molecule has 0 aliphatic carbocycles. The Morgan fingerprint density at radius 2 is 1.74 bits per heavy atom. The van der Waals surface area contributed by atoms with Crippen molar-refractivity contribution < 1.29 is 17.9 Å². The molecule has 1 N–H and O–H groups in total. The van der Waals surface area contributed by atoms with Gasteiger partial charge in [0.05, 0.1) is 11.5 Å². The van der Waals surface area contributed by atoms with Crippen LogP contribution in [0.15, 0.2) is 59.8 Å². The summed E-state index contributed by atoms with van der Waals surface area (Å²) in [5, 5.41) is 7.86. The number of nitrogens with one attached hydrogen (secondary N) is 1. The molecule has 142 valence electrons. The molecule has 0 spiro atoms. The zero-order chi connectivity index (χ0) is 19.3. The fourth-order valence-electron chi connectivity index (χ4n) is 2.40. The first-order valence-electron chi connectivity index (χ1n) is 8.18. The Hall–Kier alpha value is -2.91. The second-order valence-electron chi connectivity index (χ2n) is 5.76. The highest BCUT2D eigenvalue weighted by Crippen LogP contribution is 2.22. The Kier molecular flexibility index (Phi) is 5.72. The molecule has 2 aromatic carbocycles. The van der Waals surface area contributed by atoms with Crippen molar-refractivity contribution in [2.75, 3.05) is 25.0 Å². The van der Waals surface area contributed by atoms with Gasteiger partial charge in [-0.15, -0.1) is 10.2 Å². The van der Waals surface area contributed by atoms with Gasteiger partial charge in [0.1, 0.15) is 18.7 Å². The summed E-state index contributed by atoms with van der Waals surface area (Å²) in [7, 11) is -0.264. The third-order valence-electron chi connectivity index (χ3n) is 3.80. The van der Waals surface area contributed by atoms with Crippen molar-refractivity contribution in [2.24, 2.45) is 7.05 Å². The largest absolute Gasteiger partial charge is 0.491 e. The predicted molar refractivity (Wildman–Crippen MR) is 101 cm³/mol. The fraction of sp³-hybridized carbons (Fsp3) is 0.222. The van der Waals surface area contributed by atoms with E-state index in [1.807, 2.05) is 7.05 Å². The highest BCUT2D eigenvalue weighted by molar-refractivity contribution is 7.92. The molecule has 3 rings (SSSR count). The molecule has 0 radical (unpaired) electrons. The van der Waals surface area contributed by atoms with Crippen LogP contribution in [0.4, 0.5) is 5.69 Å². The molecule has 9 heteroatoms. The average molecular weight is 388 g/mol. The van der Waals surface area contributed by atoms with Crippen LogP contribution in [0.3, 0.4) is 0 Å². The number of methoxy groups -OCH3 is 1. The van der Waals surface area contributed by atoms with Crippen LogP contribution < -0.4 is 9.46 Å². The first kappa shape index (κ1) is 18.9. The molecule has 0 aliphatic heterocycles. The molecule has 0 saturated carbocycles. The van der Waals surface area contributed by atoms with Gasteiger partial charge in [0.2, 0.25) is 0 Å². The van der Waals surface area contributed by atoms with Crippen molar-refractivity contribution in [3.05, 3.63) is 54.9 Å². The third-order valence-corrected chi connectivity index (χ3v) is 5.19. The van der Waals surface area contributed by atoms with Crippen molar-refractivity contribution in [2.45, 2.75) is 4.90 Å². The summed E-state index contributed by atoms with van der Waals surface area (Å²) in [6.45, 7) is 0.866. The van der Waals surface area contributed by atoms with E-state index in [0.29, 0.717) is 30.5 Å². The van der Waals surface area contributed by atoms with Gasteiger partial charge in [0.15, 0.2) is 5.82 Å². The zero-order valence-electron chi connectivity index (χ0n) is 15.0. The van der Waals surface area contributed by atoms with E-state index in [-0.39, 0.29) is 4.90 Å². The Balaban J connectivity index is 1.70. The molecule has 0 aliphatic rings. The van der Waals surface area contributed by atoms with Crippen LogP contribution in [0.5, 0.6) is 5.75 Å². The first-order chi connectivity index (χ1) is 13.0. The summed E-state index contributed by atoms with van der Waals surface area (Å²) >= 11 is 0. The van der Waals surface area contributed by atoms with Gasteiger partial charge in [0.25, 0.3) is 10.0 Å². The van der Waals surface area contributed by atoms with Crippen molar-refractivity contribution in [1.29, 1.82) is 0 Å². The Bertz CT molecular complexity index is 983. The Morgan fingerprint density at radius 3 is 2.33 bits per heavy atom. The number of aryl methyl sites for hydroxylation is 1. The molecule has 0 saturated heterocycles. The van der Waals surface area contributed by atoms with Crippen molar-refractivity contribution in [1.82, 2.24) is 14.8 Å². The van der Waals surface area contributed by atoms with E-state index in [2.05, 4.69) is 14.9 Å². The third kappa shape index (κ3) is 4.63. The molecule has 0 bridgehead atoms. The fourth-order valence-corrected chi connectivity index (χ4v) is 3.46. The number of ether oxygens (including phenoxy) is 2. The highest BCUT2D eigenvalue weighted by Gasteiger charge is 2.14. The lowest BCUT2D eigenvalue weighted by Gasteiger charge is -2.10. The molecular weight excluding hydrogens is 368 g/mol. The quantitative estimate of drug-likeness (QED) is 0.595. The number of sulfonamides is 1. The molecule has 1 aromatic heterocycles. The number of hydrogen-bond donors (Lipinski definition) is 1. The smallest absolute Gasteiger partial charge is 0.261 e. The van der Waals surface area contributed by atoms with E-state index in [0.717, 1.165) is 5.56 Å². The number of anilines is 1. The van der Waals surface area contributed by atoms with E-state index in [1.54, 1.807) is 54.4 Å². The van der Waals surface area contributed by atoms with Gasteiger partial charge in [-0.25, -0.2) is 8.42 Å². The summed E-state index contributed by atoms with van der Waals surface area (Å²) in [5.41, 5.74) is 1.30. The molecule has 0 atom stereocenters. The van der Waals surface area contributed by atoms with E-state index >= 15 is 0 Å². The second-order valence-corrected chi connectivity index (χ2v) is 7.44. The van der Waals surface area contributed by atoms with Crippen LogP contribution in [-0.2, 0) is 21.8 Å². The summed E-state index contributed by atoms with van der Waals surface area (Å²) in [4.78, 5) is 0.152. The van der Waals surface area contributed by atoms with E-state index in [9.17, 15) is 8.42 Å². The normalized spacial score (nSPS) is 11.3. The van der Waals surface area contributed by atoms with Gasteiger partial charge >= 0.3 is 0 Å². The van der Waals surface area contributed by atoms with Crippen LogP contribution in [0, 0.1) is 0 Å². The minimum absolute atomic E-state index is 0.152. The molecule has 1 heterocycles. The van der Waals surface area contributed by atoms with Crippen LogP contribution in [0.2, 0.25) is 0 Å². The van der Waals surface area contributed by atoms with Gasteiger partial charge in [-0.05, 0) is 48.5 Å². The maximum Gasteiger partial charge on any atom is 0.261 e. The number of benzene rings is 2. The predicted octanol–water partition coefficient (Wildman–Crippen LogP) is 2.31. The molecule has 0 unspecified atom stereocenters. The molecule has 8 nitrogen and oxygen atoms in total. The second kappa shape index (κ2) is 8.19. The van der Waals surface area contributed by atoms with Crippen LogP contribution in [-0.4, -0.2) is 43.5 Å². The van der Waals surface area contributed by atoms with Crippen molar-refractivity contribution in [3.8, 4) is 17.1 Å². The first-order valence-corrected chi connectivity index (χ1v) is 9.67. The number of hydrogen-bond acceptors (Lipinski definition) is 6.